The molecule has 0 spiro atoms. The average Bonchev–Trinajstić information content (AvgIpc) is 2.05. The van der Waals surface area contributed by atoms with Gasteiger partial charge in [-0.2, -0.15) is 0 Å². The molecule has 0 heterocycles. The summed E-state index contributed by atoms with van der Waals surface area (Å²) in [5.74, 6) is -3.28. The molecule has 4 nitrogen and oxygen atoms in total. The highest BCUT2D eigenvalue weighted by Gasteiger charge is 2.32. The number of carboxylic acids is 1. The molecule has 1 aromatic carbocycles. The van der Waals surface area contributed by atoms with E-state index < -0.39 is 11.8 Å². The van der Waals surface area contributed by atoms with Crippen molar-refractivity contribution in [3.8, 4) is 5.75 Å². The zero-order chi connectivity index (χ0) is 9.90. The quantitative estimate of drug-likeness (QED) is 0.680. The summed E-state index contributed by atoms with van der Waals surface area (Å²) in [5.41, 5.74) is 0. The Morgan fingerprint density at radius 1 is 1.38 bits per heavy atom. The molecular formula is C9H10O4. The summed E-state index contributed by atoms with van der Waals surface area (Å²) in [6.07, 6.45) is 0. The number of aliphatic carboxylic acids is 1. The van der Waals surface area contributed by atoms with Crippen molar-refractivity contribution in [2.24, 2.45) is 0 Å². The van der Waals surface area contributed by atoms with Gasteiger partial charge in [0.1, 0.15) is 5.75 Å². The van der Waals surface area contributed by atoms with E-state index in [1.807, 2.05) is 0 Å². The smallest absolute Gasteiger partial charge is 0.376 e. The zero-order valence-corrected chi connectivity index (χ0v) is 7.10. The number of carboxylic acid groups (broad SMARTS) is 1. The Kier molecular flexibility index (Phi) is 2.53. The van der Waals surface area contributed by atoms with E-state index >= 15 is 0 Å². The van der Waals surface area contributed by atoms with Gasteiger partial charge in [0.2, 0.25) is 0 Å². The van der Waals surface area contributed by atoms with Crippen molar-refractivity contribution < 1.29 is 19.7 Å². The predicted molar refractivity (Wildman–Crippen MR) is 45.3 cm³/mol. The van der Waals surface area contributed by atoms with Crippen LogP contribution < -0.4 is 4.74 Å². The Morgan fingerprint density at radius 3 is 2.38 bits per heavy atom. The fourth-order valence-corrected chi connectivity index (χ4v) is 0.762. The van der Waals surface area contributed by atoms with Crippen LogP contribution in [-0.2, 0) is 4.79 Å². The highest BCUT2D eigenvalue weighted by atomic mass is 16.6. The number of para-hydroxylation sites is 1. The highest BCUT2D eigenvalue weighted by Crippen LogP contribution is 2.15. The third kappa shape index (κ3) is 2.45. The fourth-order valence-electron chi connectivity index (χ4n) is 0.762. The zero-order valence-electron chi connectivity index (χ0n) is 7.10. The second-order valence-corrected chi connectivity index (χ2v) is 2.70. The predicted octanol–water partition coefficient (Wildman–Crippen LogP) is 0.858. The number of ether oxygens (including phenoxy) is 1. The molecule has 0 amide bonds. The van der Waals surface area contributed by atoms with E-state index in [9.17, 15) is 9.90 Å². The summed E-state index contributed by atoms with van der Waals surface area (Å²) in [6.45, 7) is 1.07. The molecule has 0 aromatic heterocycles. The lowest BCUT2D eigenvalue weighted by atomic mass is 10.3. The van der Waals surface area contributed by atoms with Crippen molar-refractivity contribution in [2.45, 2.75) is 12.7 Å². The molecule has 1 aromatic rings. The number of benzene rings is 1. The molecule has 1 unspecified atom stereocenters. The van der Waals surface area contributed by atoms with Gasteiger partial charge < -0.3 is 14.9 Å². The maximum atomic E-state index is 10.5. The summed E-state index contributed by atoms with van der Waals surface area (Å²) < 4.78 is 4.82. The molecule has 0 saturated heterocycles. The molecule has 2 N–H and O–H groups in total. The van der Waals surface area contributed by atoms with Crippen LogP contribution in [0.2, 0.25) is 0 Å². The van der Waals surface area contributed by atoms with Crippen LogP contribution in [0.15, 0.2) is 30.3 Å². The summed E-state index contributed by atoms with van der Waals surface area (Å²) in [4.78, 5) is 10.5. The van der Waals surface area contributed by atoms with Gasteiger partial charge in [-0.05, 0) is 12.1 Å². The van der Waals surface area contributed by atoms with Gasteiger partial charge in [0, 0.05) is 6.92 Å². The lowest BCUT2D eigenvalue weighted by molar-refractivity contribution is -0.188. The Bertz CT molecular complexity index is 292. The standard InChI is InChI=1S/C9H10O4/c1-9(12,8(10)11)13-7-5-3-2-4-6-7/h2-6,12H,1H3,(H,10,11). The summed E-state index contributed by atoms with van der Waals surface area (Å²) in [6, 6.07) is 8.28. The number of rotatable bonds is 3. The van der Waals surface area contributed by atoms with Gasteiger partial charge in [0.25, 0.3) is 0 Å². The third-order valence-electron chi connectivity index (χ3n) is 1.46. The van der Waals surface area contributed by atoms with E-state index in [1.165, 1.54) is 0 Å². The van der Waals surface area contributed by atoms with Crippen LogP contribution in [0.3, 0.4) is 0 Å². The molecule has 4 heteroatoms. The topological polar surface area (TPSA) is 66.8 Å². The number of hydrogen-bond donors (Lipinski definition) is 2. The van der Waals surface area contributed by atoms with Gasteiger partial charge in [0.05, 0.1) is 0 Å². The minimum absolute atomic E-state index is 0.315. The second kappa shape index (κ2) is 3.45. The lowest BCUT2D eigenvalue weighted by Gasteiger charge is -2.19. The van der Waals surface area contributed by atoms with Crippen molar-refractivity contribution in [2.75, 3.05) is 0 Å². The molecule has 0 aliphatic rings. The summed E-state index contributed by atoms with van der Waals surface area (Å²) in [7, 11) is 0. The van der Waals surface area contributed by atoms with E-state index in [0.717, 1.165) is 6.92 Å². The van der Waals surface area contributed by atoms with Crippen LogP contribution in [0.1, 0.15) is 6.92 Å². The Morgan fingerprint density at radius 2 is 1.92 bits per heavy atom. The van der Waals surface area contributed by atoms with E-state index in [-0.39, 0.29) is 0 Å². The van der Waals surface area contributed by atoms with Crippen molar-refractivity contribution in [3.63, 3.8) is 0 Å². The van der Waals surface area contributed by atoms with Crippen molar-refractivity contribution in [1.29, 1.82) is 0 Å². The summed E-state index contributed by atoms with van der Waals surface area (Å²) in [5, 5.41) is 17.8. The maximum absolute atomic E-state index is 10.5. The fraction of sp³-hybridized carbons (Fsp3) is 0.222. The minimum atomic E-state index is -2.18. The van der Waals surface area contributed by atoms with E-state index in [4.69, 9.17) is 9.84 Å². The molecule has 0 fully saturated rings. The van der Waals surface area contributed by atoms with Crippen molar-refractivity contribution in [1.82, 2.24) is 0 Å². The van der Waals surface area contributed by atoms with Gasteiger partial charge in [-0.15, -0.1) is 0 Å². The molecule has 13 heavy (non-hydrogen) atoms. The SMILES string of the molecule is CC(O)(Oc1ccccc1)C(=O)O. The van der Waals surface area contributed by atoms with Gasteiger partial charge in [-0.1, -0.05) is 18.2 Å². The summed E-state index contributed by atoms with van der Waals surface area (Å²) >= 11 is 0. The Labute approximate surface area is 75.4 Å². The van der Waals surface area contributed by atoms with Crippen LogP contribution in [0.4, 0.5) is 0 Å². The monoisotopic (exact) mass is 182 g/mol. The first-order chi connectivity index (χ1) is 6.02. The van der Waals surface area contributed by atoms with E-state index in [0.29, 0.717) is 5.75 Å². The van der Waals surface area contributed by atoms with Gasteiger partial charge >= 0.3 is 11.8 Å². The largest absolute Gasteiger partial charge is 0.476 e. The normalized spacial score (nSPS) is 14.6. The van der Waals surface area contributed by atoms with Crippen molar-refractivity contribution >= 4 is 5.97 Å². The van der Waals surface area contributed by atoms with Gasteiger partial charge in [-0.3, -0.25) is 0 Å². The van der Waals surface area contributed by atoms with Gasteiger partial charge in [-0.25, -0.2) is 4.79 Å². The molecule has 1 atom stereocenters. The number of aliphatic hydroxyl groups is 1. The van der Waals surface area contributed by atoms with Crippen LogP contribution in [0.5, 0.6) is 5.75 Å². The van der Waals surface area contributed by atoms with Crippen LogP contribution in [0, 0.1) is 0 Å². The number of carbonyl (C=O) groups is 1. The first-order valence-corrected chi connectivity index (χ1v) is 3.72. The Hall–Kier alpha value is -1.55. The molecule has 0 aliphatic carbocycles. The van der Waals surface area contributed by atoms with Crippen LogP contribution in [0.25, 0.3) is 0 Å². The molecule has 0 radical (unpaired) electrons. The number of hydrogen-bond acceptors (Lipinski definition) is 3. The molecule has 0 bridgehead atoms. The lowest BCUT2D eigenvalue weighted by Crippen LogP contribution is -2.41. The molecule has 0 saturated carbocycles. The first kappa shape index (κ1) is 9.54. The molecular weight excluding hydrogens is 172 g/mol. The maximum Gasteiger partial charge on any atom is 0.376 e. The minimum Gasteiger partial charge on any atom is -0.476 e. The van der Waals surface area contributed by atoms with E-state index in [1.54, 1.807) is 30.3 Å². The molecule has 70 valence electrons. The van der Waals surface area contributed by atoms with Gasteiger partial charge in [0.15, 0.2) is 0 Å². The molecule has 1 rings (SSSR count). The van der Waals surface area contributed by atoms with Crippen molar-refractivity contribution in [3.05, 3.63) is 30.3 Å². The average molecular weight is 182 g/mol. The van der Waals surface area contributed by atoms with E-state index in [2.05, 4.69) is 0 Å². The van der Waals surface area contributed by atoms with Crippen LogP contribution >= 0.6 is 0 Å². The van der Waals surface area contributed by atoms with Crippen LogP contribution in [-0.4, -0.2) is 22.0 Å². The highest BCUT2D eigenvalue weighted by molar-refractivity contribution is 5.75. The first-order valence-electron chi connectivity index (χ1n) is 3.72. The molecule has 0 aliphatic heterocycles. The third-order valence-corrected chi connectivity index (χ3v) is 1.46. The Balaban J connectivity index is 2.75. The second-order valence-electron chi connectivity index (χ2n) is 2.70.